The third kappa shape index (κ3) is 12.3. The van der Waals surface area contributed by atoms with E-state index in [0.717, 1.165) is 57.7 Å². The molecule has 0 saturated heterocycles. The first-order valence-corrected chi connectivity index (χ1v) is 15.5. The van der Waals surface area contributed by atoms with Crippen molar-refractivity contribution >= 4 is 23.9 Å². The quantitative estimate of drug-likeness (QED) is 0.197. The first-order chi connectivity index (χ1) is 21.5. The van der Waals surface area contributed by atoms with E-state index < -0.39 is 17.7 Å². The number of carbonyl (C=O) groups is 4. The Balaban J connectivity index is 0.000000417. The predicted octanol–water partition coefficient (Wildman–Crippen LogP) is 6.00. The Morgan fingerprint density at radius 2 is 1.17 bits per heavy atom. The minimum Gasteiger partial charge on any atom is -0.497 e. The van der Waals surface area contributed by atoms with Gasteiger partial charge in [0.2, 0.25) is 11.8 Å². The Kier molecular flexibility index (Phi) is 16.1. The molecule has 0 radical (unpaired) electrons. The second-order valence-electron chi connectivity index (χ2n) is 12.0. The van der Waals surface area contributed by atoms with Gasteiger partial charge in [-0.3, -0.25) is 9.59 Å². The summed E-state index contributed by atoms with van der Waals surface area (Å²) in [6.07, 6.45) is 4.21. The van der Waals surface area contributed by atoms with Gasteiger partial charge >= 0.3 is 12.1 Å². The number of carboxylic acid groups (broad SMARTS) is 3. The highest BCUT2D eigenvalue weighted by Crippen LogP contribution is 2.25. The van der Waals surface area contributed by atoms with Gasteiger partial charge in [-0.1, -0.05) is 33.1 Å². The molecule has 5 N–H and O–H groups in total. The molecule has 1 aliphatic rings. The smallest absolute Gasteiger partial charge is 0.497 e. The largest absolute Gasteiger partial charge is 0.503 e. The Bertz CT molecular complexity index is 1300. The minimum atomic E-state index is -1.83. The minimum absolute atomic E-state index is 0.142. The lowest BCUT2D eigenvalue weighted by Crippen LogP contribution is -2.56. The molecule has 1 saturated carbocycles. The second-order valence-corrected chi connectivity index (χ2v) is 12.0. The van der Waals surface area contributed by atoms with Crippen LogP contribution in [0.15, 0.2) is 24.3 Å². The van der Waals surface area contributed by atoms with Crippen molar-refractivity contribution in [3.8, 4) is 11.5 Å². The van der Waals surface area contributed by atoms with Crippen LogP contribution in [-0.4, -0.2) is 65.1 Å². The molecule has 1 fully saturated rings. The summed E-state index contributed by atoms with van der Waals surface area (Å²) < 4.78 is 10.5. The van der Waals surface area contributed by atoms with Gasteiger partial charge in [-0.2, -0.15) is 0 Å². The summed E-state index contributed by atoms with van der Waals surface area (Å²) in [4.78, 5) is 44.6. The number of hydrogen-bond acceptors (Lipinski definition) is 6. The summed E-state index contributed by atoms with van der Waals surface area (Å²) >= 11 is 0. The number of hydrogen-bond donors (Lipinski definition) is 5. The van der Waals surface area contributed by atoms with Crippen molar-refractivity contribution in [3.05, 3.63) is 57.6 Å². The van der Waals surface area contributed by atoms with E-state index in [0.29, 0.717) is 18.9 Å². The molecule has 11 heteroatoms. The molecule has 0 bridgehead atoms. The van der Waals surface area contributed by atoms with Crippen molar-refractivity contribution in [2.24, 2.45) is 5.92 Å². The van der Waals surface area contributed by atoms with Crippen LogP contribution in [0.2, 0.25) is 0 Å². The first-order valence-electron chi connectivity index (χ1n) is 15.5. The van der Waals surface area contributed by atoms with Crippen molar-refractivity contribution in [1.82, 2.24) is 10.6 Å². The molecule has 2 aromatic rings. The maximum absolute atomic E-state index is 12.4. The van der Waals surface area contributed by atoms with Crippen LogP contribution in [0.4, 0.5) is 4.79 Å². The number of benzene rings is 2. The third-order valence-electron chi connectivity index (χ3n) is 8.65. The van der Waals surface area contributed by atoms with Crippen LogP contribution in [0.5, 0.6) is 11.5 Å². The summed E-state index contributed by atoms with van der Waals surface area (Å²) in [7, 11) is 3.27. The van der Waals surface area contributed by atoms with E-state index in [4.69, 9.17) is 24.5 Å². The van der Waals surface area contributed by atoms with Crippen LogP contribution in [-0.2, 0) is 27.2 Å². The van der Waals surface area contributed by atoms with Gasteiger partial charge < -0.3 is 35.4 Å². The van der Waals surface area contributed by atoms with E-state index in [2.05, 4.69) is 10.6 Å². The van der Waals surface area contributed by atoms with Crippen molar-refractivity contribution < 1.29 is 44.0 Å². The molecular weight excluding hydrogens is 592 g/mol. The SMILES string of the molecule is CCC(C)C(C)(NC(=O)Cc1c(C)cc(OC)cc1C)C(=O)O.COc1cc(C)c(CC(=O)NC2CCCC2)c(C)c1.O=C(O)O. The number of nitrogens with one attached hydrogen (secondary N) is 2. The van der Waals surface area contributed by atoms with Crippen LogP contribution in [0.25, 0.3) is 0 Å². The standard InChI is InChI=1S/C18H27NO4.C16H23NO2.CH2O3/c1-7-13(4)18(5,17(21)22)19-16(20)10-15-11(2)8-14(23-6)9-12(15)3;1-11-8-14(19-3)9-12(2)15(11)10-16(18)17-13-6-4-5-7-13;2-1(3)4/h8-9,13H,7,10H2,1-6H3,(H,19,20)(H,21,22);8-9,13H,4-7,10H2,1-3H3,(H,17,18);(H2,2,3,4). The van der Waals surface area contributed by atoms with Crippen LogP contribution < -0.4 is 20.1 Å². The molecule has 0 heterocycles. The molecule has 2 atom stereocenters. The van der Waals surface area contributed by atoms with Gasteiger partial charge in [0.25, 0.3) is 0 Å². The van der Waals surface area contributed by atoms with Crippen molar-refractivity contribution in [3.63, 3.8) is 0 Å². The van der Waals surface area contributed by atoms with Gasteiger partial charge in [0.05, 0.1) is 27.1 Å². The van der Waals surface area contributed by atoms with Crippen LogP contribution >= 0.6 is 0 Å². The molecule has 2 aromatic carbocycles. The highest BCUT2D eigenvalue weighted by Gasteiger charge is 2.39. The molecule has 0 aliphatic heterocycles. The summed E-state index contributed by atoms with van der Waals surface area (Å²) in [5.74, 6) is 0.286. The topological polar surface area (TPSA) is 171 Å². The number of carbonyl (C=O) groups excluding carboxylic acids is 2. The van der Waals surface area contributed by atoms with E-state index >= 15 is 0 Å². The molecule has 46 heavy (non-hydrogen) atoms. The number of methoxy groups -OCH3 is 2. The zero-order valence-electron chi connectivity index (χ0n) is 28.7. The highest BCUT2D eigenvalue weighted by atomic mass is 16.6. The maximum Gasteiger partial charge on any atom is 0.503 e. The lowest BCUT2D eigenvalue weighted by Gasteiger charge is -2.32. The lowest BCUT2D eigenvalue weighted by atomic mass is 9.84. The summed E-state index contributed by atoms with van der Waals surface area (Å²) in [5, 5.41) is 29.3. The summed E-state index contributed by atoms with van der Waals surface area (Å²) in [5.41, 5.74) is 4.92. The number of aliphatic carboxylic acids is 1. The number of carboxylic acids is 1. The number of rotatable bonds is 11. The van der Waals surface area contributed by atoms with E-state index in [1.54, 1.807) is 21.1 Å². The number of aryl methyl sites for hydroxylation is 4. The Morgan fingerprint density at radius 3 is 1.50 bits per heavy atom. The zero-order chi connectivity index (χ0) is 35.2. The van der Waals surface area contributed by atoms with E-state index in [9.17, 15) is 19.5 Å². The van der Waals surface area contributed by atoms with E-state index in [-0.39, 0.29) is 24.2 Å². The summed E-state index contributed by atoms with van der Waals surface area (Å²) in [6, 6.07) is 8.13. The fourth-order valence-corrected chi connectivity index (χ4v) is 5.50. The van der Waals surface area contributed by atoms with Crippen LogP contribution in [0.1, 0.15) is 86.3 Å². The highest BCUT2D eigenvalue weighted by molar-refractivity contribution is 5.88. The fraction of sp³-hybridized carbons (Fsp3) is 0.543. The molecule has 256 valence electrons. The van der Waals surface area contributed by atoms with Gasteiger partial charge in [-0.25, -0.2) is 9.59 Å². The second kappa shape index (κ2) is 18.6. The van der Waals surface area contributed by atoms with Crippen molar-refractivity contribution in [1.29, 1.82) is 0 Å². The Morgan fingerprint density at radius 1 is 0.804 bits per heavy atom. The van der Waals surface area contributed by atoms with Crippen LogP contribution in [0, 0.1) is 33.6 Å². The average Bonchev–Trinajstić information content (AvgIpc) is 3.48. The normalized spacial score (nSPS) is 14.3. The van der Waals surface area contributed by atoms with Crippen LogP contribution in [0.3, 0.4) is 0 Å². The molecule has 3 rings (SSSR count). The number of ether oxygens (including phenoxy) is 2. The molecule has 11 nitrogen and oxygen atoms in total. The maximum atomic E-state index is 12.4. The number of amides is 2. The molecule has 0 aromatic heterocycles. The van der Waals surface area contributed by atoms with Gasteiger partial charge in [-0.15, -0.1) is 0 Å². The van der Waals surface area contributed by atoms with Gasteiger partial charge in [0.15, 0.2) is 0 Å². The van der Waals surface area contributed by atoms with E-state index in [1.165, 1.54) is 12.8 Å². The Hall–Kier alpha value is -4.28. The zero-order valence-corrected chi connectivity index (χ0v) is 28.7. The Labute approximate surface area is 272 Å². The van der Waals surface area contributed by atoms with Crippen molar-refractivity contribution in [2.75, 3.05) is 14.2 Å². The summed E-state index contributed by atoms with van der Waals surface area (Å²) in [6.45, 7) is 13.2. The van der Waals surface area contributed by atoms with E-state index in [1.807, 2.05) is 65.8 Å². The predicted molar refractivity (Wildman–Crippen MR) is 177 cm³/mol. The first kappa shape index (κ1) is 39.7. The molecular formula is C35H52N2O9. The van der Waals surface area contributed by atoms with Gasteiger partial charge in [-0.05, 0) is 111 Å². The molecule has 0 spiro atoms. The molecule has 1 aliphatic carbocycles. The third-order valence-corrected chi connectivity index (χ3v) is 8.65. The van der Waals surface area contributed by atoms with Gasteiger partial charge in [0, 0.05) is 6.04 Å². The average molecular weight is 645 g/mol. The van der Waals surface area contributed by atoms with Gasteiger partial charge in [0.1, 0.15) is 17.0 Å². The van der Waals surface area contributed by atoms with Crippen molar-refractivity contribution in [2.45, 2.75) is 105 Å². The molecule has 2 unspecified atom stereocenters. The molecule has 2 amide bonds. The lowest BCUT2D eigenvalue weighted by molar-refractivity contribution is -0.149. The monoisotopic (exact) mass is 644 g/mol. The fourth-order valence-electron chi connectivity index (χ4n) is 5.50.